The number of carbonyl (C=O) groups is 1. The summed E-state index contributed by atoms with van der Waals surface area (Å²) >= 11 is 5.55. The molecule has 0 heterocycles. The molecule has 0 aliphatic heterocycles. The van der Waals surface area contributed by atoms with Crippen LogP contribution in [0.15, 0.2) is 30.3 Å². The van der Waals surface area contributed by atoms with E-state index in [1.54, 1.807) is 18.2 Å². The van der Waals surface area contributed by atoms with E-state index in [0.717, 1.165) is 10.8 Å². The molecule has 0 unspecified atom stereocenters. The van der Waals surface area contributed by atoms with Gasteiger partial charge in [-0.3, -0.25) is 4.79 Å². The topological polar surface area (TPSA) is 57.5 Å². The van der Waals surface area contributed by atoms with Crippen LogP contribution in [0.4, 0.5) is 0 Å². The van der Waals surface area contributed by atoms with Crippen molar-refractivity contribution < 1.29 is 15.0 Å². The Kier molecular flexibility index (Phi) is 3.72. The van der Waals surface area contributed by atoms with Gasteiger partial charge in [-0.1, -0.05) is 12.1 Å². The summed E-state index contributed by atoms with van der Waals surface area (Å²) in [5, 5.41) is 20.3. The van der Waals surface area contributed by atoms with Crippen LogP contribution in [0.5, 0.6) is 11.5 Å². The number of halogens is 1. The number of hydrogen-bond donors (Lipinski definition) is 2. The van der Waals surface area contributed by atoms with Crippen molar-refractivity contribution in [1.82, 2.24) is 0 Å². The van der Waals surface area contributed by atoms with Gasteiger partial charge in [0.15, 0.2) is 17.3 Å². The number of aromatic hydroxyl groups is 2. The molecule has 2 aromatic carbocycles. The van der Waals surface area contributed by atoms with Gasteiger partial charge in [-0.15, -0.1) is 11.6 Å². The van der Waals surface area contributed by atoms with Crippen LogP contribution in [0, 0.1) is 0 Å². The van der Waals surface area contributed by atoms with Crippen molar-refractivity contribution in [3.63, 3.8) is 0 Å². The average Bonchev–Trinajstić information content (AvgIpc) is 2.36. The number of ketones is 1. The lowest BCUT2D eigenvalue weighted by Crippen LogP contribution is -1.99. The molecule has 0 spiro atoms. The van der Waals surface area contributed by atoms with Gasteiger partial charge in [0.25, 0.3) is 0 Å². The van der Waals surface area contributed by atoms with Gasteiger partial charge < -0.3 is 10.2 Å². The first-order valence-corrected chi connectivity index (χ1v) is 6.20. The zero-order valence-corrected chi connectivity index (χ0v) is 10.4. The standard InChI is InChI=1S/C14H13ClO3/c15-5-1-2-12(16)10-4-3-9-7-13(17)14(18)8-11(9)6-10/h3-4,6-8,17-18H,1-2,5H2. The van der Waals surface area contributed by atoms with Gasteiger partial charge in [0, 0.05) is 17.9 Å². The molecule has 0 aromatic heterocycles. The minimum absolute atomic E-state index is 0.0325. The smallest absolute Gasteiger partial charge is 0.162 e. The number of benzene rings is 2. The van der Waals surface area contributed by atoms with E-state index in [1.807, 2.05) is 0 Å². The van der Waals surface area contributed by atoms with E-state index in [1.165, 1.54) is 12.1 Å². The fourth-order valence-electron chi connectivity index (χ4n) is 1.82. The molecule has 18 heavy (non-hydrogen) atoms. The van der Waals surface area contributed by atoms with Crippen LogP contribution < -0.4 is 0 Å². The van der Waals surface area contributed by atoms with Crippen LogP contribution in [-0.4, -0.2) is 21.9 Å². The molecular formula is C14H13ClO3. The summed E-state index contributed by atoms with van der Waals surface area (Å²) in [5.41, 5.74) is 0.595. The predicted octanol–water partition coefficient (Wildman–Crippen LogP) is 3.45. The lowest BCUT2D eigenvalue weighted by atomic mass is 10.0. The summed E-state index contributed by atoms with van der Waals surface area (Å²) in [7, 11) is 0. The molecule has 0 saturated carbocycles. The van der Waals surface area contributed by atoms with Gasteiger partial charge in [0.05, 0.1) is 0 Å². The number of hydrogen-bond acceptors (Lipinski definition) is 3. The van der Waals surface area contributed by atoms with Crippen molar-refractivity contribution in [3.8, 4) is 11.5 Å². The number of phenols is 2. The number of fused-ring (bicyclic) bond motifs is 1. The Bertz CT molecular complexity index is 593. The van der Waals surface area contributed by atoms with Crippen LogP contribution in [0.1, 0.15) is 23.2 Å². The molecule has 0 aliphatic carbocycles. The van der Waals surface area contributed by atoms with Gasteiger partial charge in [0.1, 0.15) is 0 Å². The lowest BCUT2D eigenvalue weighted by molar-refractivity contribution is 0.0982. The largest absolute Gasteiger partial charge is 0.504 e. The predicted molar refractivity (Wildman–Crippen MR) is 71.6 cm³/mol. The van der Waals surface area contributed by atoms with E-state index in [2.05, 4.69) is 0 Å². The summed E-state index contributed by atoms with van der Waals surface area (Å²) in [6, 6.07) is 8.10. The van der Waals surface area contributed by atoms with E-state index in [0.29, 0.717) is 24.3 Å². The minimum Gasteiger partial charge on any atom is -0.504 e. The van der Waals surface area contributed by atoms with Crippen molar-refractivity contribution in [2.75, 3.05) is 5.88 Å². The van der Waals surface area contributed by atoms with Gasteiger partial charge in [-0.25, -0.2) is 0 Å². The summed E-state index contributed by atoms with van der Waals surface area (Å²) in [5.74, 6) is 0.148. The van der Waals surface area contributed by atoms with Crippen molar-refractivity contribution in [1.29, 1.82) is 0 Å². The molecular weight excluding hydrogens is 252 g/mol. The van der Waals surface area contributed by atoms with Gasteiger partial charge in [0.2, 0.25) is 0 Å². The molecule has 0 bridgehead atoms. The Balaban J connectivity index is 2.38. The highest BCUT2D eigenvalue weighted by molar-refractivity contribution is 6.18. The maximum Gasteiger partial charge on any atom is 0.162 e. The Labute approximate surface area is 110 Å². The zero-order valence-electron chi connectivity index (χ0n) is 9.69. The van der Waals surface area contributed by atoms with Crippen LogP contribution in [0.3, 0.4) is 0 Å². The minimum atomic E-state index is -0.187. The quantitative estimate of drug-likeness (QED) is 0.505. The number of rotatable bonds is 4. The second-order valence-electron chi connectivity index (χ2n) is 4.12. The Hall–Kier alpha value is -1.74. The first kappa shape index (κ1) is 12.7. The van der Waals surface area contributed by atoms with Crippen LogP contribution in [0.2, 0.25) is 0 Å². The van der Waals surface area contributed by atoms with Crippen molar-refractivity contribution in [3.05, 3.63) is 35.9 Å². The second kappa shape index (κ2) is 5.27. The third-order valence-corrected chi connectivity index (χ3v) is 3.06. The third-order valence-electron chi connectivity index (χ3n) is 2.79. The lowest BCUT2D eigenvalue weighted by Gasteiger charge is -2.04. The Morgan fingerprint density at radius 1 is 1.06 bits per heavy atom. The highest BCUT2D eigenvalue weighted by Crippen LogP contribution is 2.30. The fraction of sp³-hybridized carbons (Fsp3) is 0.214. The highest BCUT2D eigenvalue weighted by Gasteiger charge is 2.08. The Morgan fingerprint density at radius 2 is 1.72 bits per heavy atom. The maximum atomic E-state index is 11.8. The molecule has 94 valence electrons. The Morgan fingerprint density at radius 3 is 2.39 bits per heavy atom. The molecule has 2 rings (SSSR count). The monoisotopic (exact) mass is 264 g/mol. The normalized spacial score (nSPS) is 10.7. The SMILES string of the molecule is O=C(CCCCl)c1ccc2cc(O)c(O)cc2c1. The van der Waals surface area contributed by atoms with E-state index < -0.39 is 0 Å². The summed E-state index contributed by atoms with van der Waals surface area (Å²) < 4.78 is 0. The number of phenolic OH excluding ortho intramolecular Hbond substituents is 2. The average molecular weight is 265 g/mol. The second-order valence-corrected chi connectivity index (χ2v) is 4.50. The number of alkyl halides is 1. The molecule has 0 atom stereocenters. The molecule has 0 amide bonds. The van der Waals surface area contributed by atoms with Gasteiger partial charge >= 0.3 is 0 Å². The van der Waals surface area contributed by atoms with Crippen LogP contribution in [0.25, 0.3) is 10.8 Å². The van der Waals surface area contributed by atoms with E-state index in [9.17, 15) is 15.0 Å². The molecule has 0 radical (unpaired) electrons. The van der Waals surface area contributed by atoms with Crippen LogP contribution in [-0.2, 0) is 0 Å². The highest BCUT2D eigenvalue weighted by atomic mass is 35.5. The maximum absolute atomic E-state index is 11.8. The van der Waals surface area contributed by atoms with Gasteiger partial charge in [-0.05, 0) is 35.4 Å². The third kappa shape index (κ3) is 2.57. The zero-order chi connectivity index (χ0) is 13.1. The number of carbonyl (C=O) groups excluding carboxylic acids is 1. The van der Waals surface area contributed by atoms with Crippen molar-refractivity contribution in [2.45, 2.75) is 12.8 Å². The first-order chi connectivity index (χ1) is 8.61. The summed E-state index contributed by atoms with van der Waals surface area (Å²) in [6.45, 7) is 0. The van der Waals surface area contributed by atoms with E-state index >= 15 is 0 Å². The van der Waals surface area contributed by atoms with Gasteiger partial charge in [-0.2, -0.15) is 0 Å². The number of Topliss-reactive ketones (excluding diaryl/α,β-unsaturated/α-hetero) is 1. The molecule has 0 fully saturated rings. The molecule has 0 aliphatic rings. The van der Waals surface area contributed by atoms with E-state index in [-0.39, 0.29) is 17.3 Å². The first-order valence-electron chi connectivity index (χ1n) is 5.66. The van der Waals surface area contributed by atoms with Crippen molar-refractivity contribution >= 4 is 28.2 Å². The molecule has 2 aromatic rings. The fourth-order valence-corrected chi connectivity index (χ4v) is 1.95. The van der Waals surface area contributed by atoms with Crippen molar-refractivity contribution in [2.24, 2.45) is 0 Å². The molecule has 4 heteroatoms. The van der Waals surface area contributed by atoms with Crippen LogP contribution >= 0.6 is 11.6 Å². The summed E-state index contributed by atoms with van der Waals surface area (Å²) in [4.78, 5) is 11.8. The van der Waals surface area contributed by atoms with E-state index in [4.69, 9.17) is 11.6 Å². The molecule has 0 saturated heterocycles. The molecule has 2 N–H and O–H groups in total. The molecule has 3 nitrogen and oxygen atoms in total. The summed E-state index contributed by atoms with van der Waals surface area (Å²) in [6.07, 6.45) is 1.07.